The van der Waals surface area contributed by atoms with Crippen LogP contribution in [0.2, 0.25) is 5.02 Å². The number of non-ortho nitro benzene ring substituents is 1. The fourth-order valence-corrected chi connectivity index (χ4v) is 2.01. The molecule has 1 unspecified atom stereocenters. The molecule has 20 heavy (non-hydrogen) atoms. The van der Waals surface area contributed by atoms with Crippen molar-refractivity contribution in [1.29, 1.82) is 0 Å². The summed E-state index contributed by atoms with van der Waals surface area (Å²) in [7, 11) is 0. The van der Waals surface area contributed by atoms with Gasteiger partial charge in [-0.2, -0.15) is 0 Å². The van der Waals surface area contributed by atoms with Crippen molar-refractivity contribution in [1.82, 2.24) is 5.32 Å². The normalized spacial score (nSPS) is 12.7. The Morgan fingerprint density at radius 3 is 2.65 bits per heavy atom. The van der Waals surface area contributed by atoms with Crippen LogP contribution in [0.25, 0.3) is 0 Å². The number of nitro benzene ring substituents is 1. The molecule has 0 saturated heterocycles. The van der Waals surface area contributed by atoms with Crippen LogP contribution in [0.5, 0.6) is 0 Å². The van der Waals surface area contributed by atoms with Crippen molar-refractivity contribution < 1.29 is 9.66 Å². The number of benzene rings is 1. The summed E-state index contributed by atoms with van der Waals surface area (Å²) in [6, 6.07) is 4.76. The predicted molar refractivity (Wildman–Crippen MR) is 80.1 cm³/mol. The molecule has 0 aliphatic carbocycles. The first-order valence-corrected chi connectivity index (χ1v) is 7.07. The van der Waals surface area contributed by atoms with Gasteiger partial charge in [-0.15, -0.1) is 0 Å². The zero-order valence-electron chi connectivity index (χ0n) is 12.1. The van der Waals surface area contributed by atoms with Crippen LogP contribution < -0.4 is 5.32 Å². The van der Waals surface area contributed by atoms with Crippen molar-refractivity contribution in [3.8, 4) is 0 Å². The van der Waals surface area contributed by atoms with Gasteiger partial charge in [-0.25, -0.2) is 0 Å². The van der Waals surface area contributed by atoms with E-state index >= 15 is 0 Å². The van der Waals surface area contributed by atoms with Gasteiger partial charge in [-0.3, -0.25) is 10.1 Å². The lowest BCUT2D eigenvalue weighted by Crippen LogP contribution is -2.37. The van der Waals surface area contributed by atoms with Crippen LogP contribution >= 0.6 is 11.6 Å². The fraction of sp³-hybridized carbons (Fsp3) is 0.571. The average molecular weight is 301 g/mol. The maximum absolute atomic E-state index is 10.7. The van der Waals surface area contributed by atoms with Gasteiger partial charge < -0.3 is 10.1 Å². The molecule has 0 aliphatic heterocycles. The summed E-state index contributed by atoms with van der Waals surface area (Å²) in [5.74, 6) is 0.429. The molecule has 0 heterocycles. The third-order valence-corrected chi connectivity index (χ3v) is 3.46. The van der Waals surface area contributed by atoms with Gasteiger partial charge >= 0.3 is 0 Å². The molecule has 1 N–H and O–H groups in total. The molecule has 0 radical (unpaired) electrons. The summed E-state index contributed by atoms with van der Waals surface area (Å²) in [6.07, 6.45) is 0. The van der Waals surface area contributed by atoms with Crippen molar-refractivity contribution in [3.63, 3.8) is 0 Å². The summed E-state index contributed by atoms with van der Waals surface area (Å²) in [4.78, 5) is 10.2. The first-order valence-electron chi connectivity index (χ1n) is 6.69. The summed E-state index contributed by atoms with van der Waals surface area (Å²) < 4.78 is 5.44. The lowest BCUT2D eigenvalue weighted by Gasteiger charge is -2.22. The van der Waals surface area contributed by atoms with E-state index < -0.39 is 4.92 Å². The molecule has 1 aromatic rings. The molecule has 0 spiro atoms. The highest BCUT2D eigenvalue weighted by Gasteiger charge is 2.14. The Kier molecular flexibility index (Phi) is 6.91. The molecule has 112 valence electrons. The molecule has 0 aliphatic rings. The highest BCUT2D eigenvalue weighted by molar-refractivity contribution is 6.31. The van der Waals surface area contributed by atoms with Crippen LogP contribution in [0.1, 0.15) is 26.3 Å². The van der Waals surface area contributed by atoms with Gasteiger partial charge in [-0.1, -0.05) is 25.4 Å². The van der Waals surface area contributed by atoms with E-state index in [-0.39, 0.29) is 11.7 Å². The Balaban J connectivity index is 2.65. The second-order valence-corrected chi connectivity index (χ2v) is 5.33. The molecule has 5 nitrogen and oxygen atoms in total. The number of hydrogen-bond donors (Lipinski definition) is 1. The van der Waals surface area contributed by atoms with Crippen LogP contribution in [0.4, 0.5) is 5.69 Å². The summed E-state index contributed by atoms with van der Waals surface area (Å²) in [6.45, 7) is 8.08. The minimum absolute atomic E-state index is 0.00785. The van der Waals surface area contributed by atoms with E-state index in [9.17, 15) is 10.1 Å². The topological polar surface area (TPSA) is 64.4 Å². The first kappa shape index (κ1) is 16.9. The van der Waals surface area contributed by atoms with Gasteiger partial charge in [0.05, 0.1) is 16.6 Å². The van der Waals surface area contributed by atoms with Crippen molar-refractivity contribution in [2.75, 3.05) is 13.2 Å². The third-order valence-electron chi connectivity index (χ3n) is 3.11. The zero-order valence-corrected chi connectivity index (χ0v) is 12.8. The van der Waals surface area contributed by atoms with Crippen molar-refractivity contribution in [2.45, 2.75) is 33.4 Å². The lowest BCUT2D eigenvalue weighted by molar-refractivity contribution is -0.384. The maximum atomic E-state index is 10.7. The Hall–Kier alpha value is -1.17. The van der Waals surface area contributed by atoms with Crippen LogP contribution in [0.15, 0.2) is 18.2 Å². The number of nitrogens with one attached hydrogen (secondary N) is 1. The number of rotatable bonds is 8. The Labute approximate surface area is 124 Å². The van der Waals surface area contributed by atoms with E-state index in [1.165, 1.54) is 12.1 Å². The largest absolute Gasteiger partial charge is 0.380 e. The summed E-state index contributed by atoms with van der Waals surface area (Å²) in [5.41, 5.74) is 0.855. The van der Waals surface area contributed by atoms with E-state index in [4.69, 9.17) is 16.3 Å². The molecule has 0 aromatic heterocycles. The molecular formula is C14H21ClN2O3. The average Bonchev–Trinajstić information content (AvgIpc) is 2.39. The van der Waals surface area contributed by atoms with E-state index in [1.54, 1.807) is 6.07 Å². The first-order chi connectivity index (χ1) is 9.45. The van der Waals surface area contributed by atoms with Gasteiger partial charge in [0, 0.05) is 31.3 Å². The Morgan fingerprint density at radius 1 is 1.45 bits per heavy atom. The highest BCUT2D eigenvalue weighted by Crippen LogP contribution is 2.22. The van der Waals surface area contributed by atoms with Crippen molar-refractivity contribution >= 4 is 17.3 Å². The van der Waals surface area contributed by atoms with Crippen molar-refractivity contribution in [3.05, 3.63) is 38.9 Å². The lowest BCUT2D eigenvalue weighted by atomic mass is 10.0. The molecule has 0 saturated carbocycles. The second-order valence-electron chi connectivity index (χ2n) is 4.92. The van der Waals surface area contributed by atoms with E-state index in [2.05, 4.69) is 19.2 Å². The summed E-state index contributed by atoms with van der Waals surface area (Å²) >= 11 is 6.07. The number of nitro groups is 1. The quantitative estimate of drug-likeness (QED) is 0.590. The maximum Gasteiger partial charge on any atom is 0.270 e. The Morgan fingerprint density at radius 2 is 2.15 bits per heavy atom. The third kappa shape index (κ3) is 5.07. The molecule has 0 bridgehead atoms. The monoisotopic (exact) mass is 300 g/mol. The minimum Gasteiger partial charge on any atom is -0.380 e. The number of halogens is 1. The van der Waals surface area contributed by atoms with Gasteiger partial charge in [-0.05, 0) is 24.5 Å². The van der Waals surface area contributed by atoms with Crippen LogP contribution in [-0.4, -0.2) is 24.2 Å². The van der Waals surface area contributed by atoms with E-state index in [1.807, 2.05) is 6.92 Å². The summed E-state index contributed by atoms with van der Waals surface area (Å²) in [5, 5.41) is 14.4. The van der Waals surface area contributed by atoms with Gasteiger partial charge in [0.25, 0.3) is 5.69 Å². The minimum atomic E-state index is -0.449. The van der Waals surface area contributed by atoms with Crippen LogP contribution in [0.3, 0.4) is 0 Å². The molecule has 1 aromatic carbocycles. The fourth-order valence-electron chi connectivity index (χ4n) is 1.77. The Bertz CT molecular complexity index is 452. The smallest absolute Gasteiger partial charge is 0.270 e. The molecular weight excluding hydrogens is 280 g/mol. The molecule has 0 fully saturated rings. The zero-order chi connectivity index (χ0) is 15.1. The molecule has 0 amide bonds. The number of nitrogens with zero attached hydrogens (tertiary/aromatic N) is 1. The van der Waals surface area contributed by atoms with Gasteiger partial charge in [0.15, 0.2) is 0 Å². The van der Waals surface area contributed by atoms with E-state index in [0.717, 1.165) is 5.56 Å². The number of hydrogen-bond acceptors (Lipinski definition) is 4. The number of ether oxygens (including phenoxy) is 1. The van der Waals surface area contributed by atoms with Gasteiger partial charge in [0.1, 0.15) is 0 Å². The molecule has 1 atom stereocenters. The molecule has 6 heteroatoms. The van der Waals surface area contributed by atoms with E-state index in [0.29, 0.717) is 30.7 Å². The second kappa shape index (κ2) is 8.19. The van der Waals surface area contributed by atoms with Crippen LogP contribution in [-0.2, 0) is 11.3 Å². The van der Waals surface area contributed by atoms with Crippen LogP contribution in [0, 0.1) is 16.0 Å². The van der Waals surface area contributed by atoms with Gasteiger partial charge in [0.2, 0.25) is 0 Å². The highest BCUT2D eigenvalue weighted by atomic mass is 35.5. The SMILES string of the molecule is CCOCC(NCc1ccc([N+](=O)[O-])cc1Cl)C(C)C. The standard InChI is InChI=1S/C14H21ClN2O3/c1-4-20-9-14(10(2)3)16-8-11-5-6-12(17(18)19)7-13(11)15/h5-7,10,14,16H,4,8-9H2,1-3H3. The molecule has 1 rings (SSSR count). The predicted octanol–water partition coefficient (Wildman–Crippen LogP) is 3.40. The van der Waals surface area contributed by atoms with Crippen molar-refractivity contribution in [2.24, 2.45) is 5.92 Å².